The van der Waals surface area contributed by atoms with E-state index in [2.05, 4.69) is 22.6 Å². The van der Waals surface area contributed by atoms with Crippen molar-refractivity contribution >= 4 is 45.6 Å². The molecular formula is C23H16FIN2O. The van der Waals surface area contributed by atoms with Gasteiger partial charge >= 0.3 is 0 Å². The molecule has 0 aliphatic carbocycles. The molecule has 0 saturated heterocycles. The summed E-state index contributed by atoms with van der Waals surface area (Å²) in [6.07, 6.45) is 3.64. The molecule has 0 atom stereocenters. The molecular weight excluding hydrogens is 466 g/mol. The Morgan fingerprint density at radius 3 is 2.46 bits per heavy atom. The van der Waals surface area contributed by atoms with Crippen LogP contribution in [0.1, 0.15) is 17.0 Å². The van der Waals surface area contributed by atoms with Gasteiger partial charge in [0.1, 0.15) is 11.6 Å². The lowest BCUT2D eigenvalue weighted by atomic mass is 10.2. The predicted molar refractivity (Wildman–Crippen MR) is 120 cm³/mol. The van der Waals surface area contributed by atoms with Crippen molar-refractivity contribution in [1.82, 2.24) is 9.55 Å². The van der Waals surface area contributed by atoms with Gasteiger partial charge in [-0.15, -0.1) is 0 Å². The van der Waals surface area contributed by atoms with Gasteiger partial charge in [-0.3, -0.25) is 9.36 Å². The van der Waals surface area contributed by atoms with Gasteiger partial charge in [0, 0.05) is 3.57 Å². The van der Waals surface area contributed by atoms with E-state index >= 15 is 0 Å². The van der Waals surface area contributed by atoms with Crippen molar-refractivity contribution in [3.8, 4) is 0 Å². The van der Waals surface area contributed by atoms with Crippen molar-refractivity contribution in [2.45, 2.75) is 6.54 Å². The Hall–Kier alpha value is -2.80. The zero-order valence-corrected chi connectivity index (χ0v) is 17.0. The van der Waals surface area contributed by atoms with E-state index in [-0.39, 0.29) is 11.4 Å². The van der Waals surface area contributed by atoms with E-state index in [1.165, 1.54) is 12.1 Å². The van der Waals surface area contributed by atoms with Crippen LogP contribution in [0.2, 0.25) is 0 Å². The molecule has 1 heterocycles. The summed E-state index contributed by atoms with van der Waals surface area (Å²) in [5.41, 5.74) is 2.44. The van der Waals surface area contributed by atoms with Gasteiger partial charge in [0.05, 0.1) is 17.4 Å². The molecule has 0 saturated carbocycles. The standard InChI is InChI=1S/C23H16FIN2O/c24-18-9-6-16(7-10-18)8-13-22-26-21-12-11-19(25)14-20(21)23(28)27(22)15-17-4-2-1-3-5-17/h1-14H,15H2/b13-8+. The highest BCUT2D eigenvalue weighted by Crippen LogP contribution is 2.16. The van der Waals surface area contributed by atoms with Crippen molar-refractivity contribution in [2.75, 3.05) is 0 Å². The fourth-order valence-electron chi connectivity index (χ4n) is 3.00. The maximum absolute atomic E-state index is 13.2. The molecule has 0 radical (unpaired) electrons. The average Bonchev–Trinajstić information content (AvgIpc) is 2.71. The Morgan fingerprint density at radius 2 is 1.71 bits per heavy atom. The molecule has 3 aromatic carbocycles. The highest BCUT2D eigenvalue weighted by molar-refractivity contribution is 14.1. The number of benzene rings is 3. The summed E-state index contributed by atoms with van der Waals surface area (Å²) in [4.78, 5) is 17.9. The molecule has 0 aliphatic rings. The Balaban J connectivity index is 1.85. The van der Waals surface area contributed by atoms with Gasteiger partial charge in [0.15, 0.2) is 0 Å². The van der Waals surface area contributed by atoms with E-state index in [1.807, 2.05) is 54.6 Å². The zero-order valence-electron chi connectivity index (χ0n) is 14.8. The summed E-state index contributed by atoms with van der Waals surface area (Å²) in [5.74, 6) is 0.281. The summed E-state index contributed by atoms with van der Waals surface area (Å²) in [5, 5.41) is 0.599. The summed E-state index contributed by atoms with van der Waals surface area (Å²) in [6.45, 7) is 0.428. The van der Waals surface area contributed by atoms with Crippen LogP contribution in [0, 0.1) is 9.39 Å². The van der Waals surface area contributed by atoms with Crippen molar-refractivity contribution < 1.29 is 4.39 Å². The third kappa shape index (κ3) is 4.04. The molecule has 0 aliphatic heterocycles. The van der Waals surface area contributed by atoms with E-state index in [4.69, 9.17) is 4.98 Å². The topological polar surface area (TPSA) is 34.9 Å². The van der Waals surface area contributed by atoms with Crippen LogP contribution in [0.5, 0.6) is 0 Å². The molecule has 5 heteroatoms. The fourth-order valence-corrected chi connectivity index (χ4v) is 3.49. The van der Waals surface area contributed by atoms with Gasteiger partial charge in [-0.25, -0.2) is 9.37 Å². The third-order valence-electron chi connectivity index (χ3n) is 4.42. The summed E-state index contributed by atoms with van der Waals surface area (Å²) in [7, 11) is 0. The number of aromatic nitrogens is 2. The highest BCUT2D eigenvalue weighted by atomic mass is 127. The summed E-state index contributed by atoms with van der Waals surface area (Å²) in [6, 6.07) is 21.7. The van der Waals surface area contributed by atoms with Gasteiger partial charge in [0.2, 0.25) is 0 Å². The van der Waals surface area contributed by atoms with Crippen LogP contribution in [0.3, 0.4) is 0 Å². The Kier molecular flexibility index (Phi) is 5.34. The second-order valence-electron chi connectivity index (χ2n) is 6.39. The van der Waals surface area contributed by atoms with Gasteiger partial charge < -0.3 is 0 Å². The van der Waals surface area contributed by atoms with Crippen LogP contribution in [0.15, 0.2) is 77.6 Å². The minimum Gasteiger partial charge on any atom is -0.288 e. The van der Waals surface area contributed by atoms with E-state index < -0.39 is 0 Å². The number of rotatable bonds is 4. The molecule has 0 fully saturated rings. The van der Waals surface area contributed by atoms with E-state index in [1.54, 1.807) is 22.8 Å². The molecule has 3 nitrogen and oxygen atoms in total. The normalized spacial score (nSPS) is 11.4. The van der Waals surface area contributed by atoms with E-state index in [0.717, 1.165) is 14.7 Å². The van der Waals surface area contributed by atoms with Crippen LogP contribution >= 0.6 is 22.6 Å². The maximum atomic E-state index is 13.2. The predicted octanol–water partition coefficient (Wildman–Crippen LogP) is 5.36. The minimum atomic E-state index is -0.281. The summed E-state index contributed by atoms with van der Waals surface area (Å²) >= 11 is 2.19. The van der Waals surface area contributed by atoms with Crippen LogP contribution in [-0.2, 0) is 6.54 Å². The van der Waals surface area contributed by atoms with Gasteiger partial charge in [0.25, 0.3) is 5.56 Å². The molecule has 4 aromatic rings. The number of hydrogen-bond donors (Lipinski definition) is 0. The smallest absolute Gasteiger partial charge is 0.261 e. The molecule has 0 unspecified atom stereocenters. The second kappa shape index (κ2) is 8.06. The molecule has 0 N–H and O–H groups in total. The third-order valence-corrected chi connectivity index (χ3v) is 5.10. The quantitative estimate of drug-likeness (QED) is 0.368. The lowest BCUT2D eigenvalue weighted by Gasteiger charge is -2.12. The molecule has 4 rings (SSSR count). The Labute approximate surface area is 175 Å². The van der Waals surface area contributed by atoms with Gasteiger partial charge in [-0.05, 0) is 70.1 Å². The molecule has 0 bridgehead atoms. The van der Waals surface area contributed by atoms with Crippen LogP contribution in [-0.4, -0.2) is 9.55 Å². The SMILES string of the molecule is O=c1c2cc(I)ccc2nc(/C=C/c2ccc(F)cc2)n1Cc1ccccc1. The largest absolute Gasteiger partial charge is 0.288 e. The monoisotopic (exact) mass is 482 g/mol. The lowest BCUT2D eigenvalue weighted by Crippen LogP contribution is -2.24. The second-order valence-corrected chi connectivity index (χ2v) is 7.64. The van der Waals surface area contributed by atoms with Crippen LogP contribution < -0.4 is 5.56 Å². The minimum absolute atomic E-state index is 0.0777. The lowest BCUT2D eigenvalue weighted by molar-refractivity contribution is 0.628. The van der Waals surface area contributed by atoms with Gasteiger partial charge in [-0.2, -0.15) is 0 Å². The number of hydrogen-bond acceptors (Lipinski definition) is 2. The highest BCUT2D eigenvalue weighted by Gasteiger charge is 2.10. The first kappa shape index (κ1) is 18.6. The zero-order chi connectivity index (χ0) is 19.5. The van der Waals surface area contributed by atoms with Gasteiger partial charge in [-0.1, -0.05) is 48.5 Å². The number of fused-ring (bicyclic) bond motifs is 1. The number of halogens is 2. The van der Waals surface area contributed by atoms with Crippen molar-refractivity contribution in [1.29, 1.82) is 0 Å². The van der Waals surface area contributed by atoms with E-state index in [0.29, 0.717) is 23.3 Å². The first-order valence-corrected chi connectivity index (χ1v) is 9.86. The Morgan fingerprint density at radius 1 is 0.964 bits per heavy atom. The van der Waals surface area contributed by atoms with Crippen molar-refractivity contribution in [3.05, 3.63) is 109 Å². The molecule has 1 aromatic heterocycles. The molecule has 28 heavy (non-hydrogen) atoms. The van der Waals surface area contributed by atoms with Crippen LogP contribution in [0.4, 0.5) is 4.39 Å². The average molecular weight is 482 g/mol. The molecule has 138 valence electrons. The summed E-state index contributed by atoms with van der Waals surface area (Å²) < 4.78 is 15.8. The molecule has 0 spiro atoms. The van der Waals surface area contributed by atoms with Crippen molar-refractivity contribution in [2.24, 2.45) is 0 Å². The fraction of sp³-hybridized carbons (Fsp3) is 0.0435. The maximum Gasteiger partial charge on any atom is 0.261 e. The van der Waals surface area contributed by atoms with E-state index in [9.17, 15) is 9.18 Å². The number of nitrogens with zero attached hydrogens (tertiary/aromatic N) is 2. The van der Waals surface area contributed by atoms with Crippen molar-refractivity contribution in [3.63, 3.8) is 0 Å². The first-order chi connectivity index (χ1) is 13.6. The Bertz CT molecular complexity index is 1220. The van der Waals surface area contributed by atoms with Crippen LogP contribution in [0.25, 0.3) is 23.1 Å². The first-order valence-electron chi connectivity index (χ1n) is 8.78. The molecule has 0 amide bonds.